The van der Waals surface area contributed by atoms with Crippen molar-refractivity contribution in [2.45, 2.75) is 13.0 Å². The topological polar surface area (TPSA) is 66.7 Å². The summed E-state index contributed by atoms with van der Waals surface area (Å²) in [5, 5.41) is 11.3. The first-order chi connectivity index (χ1) is 6.79. The number of nitrogens with two attached hydrogens (primary N) is 1. The third kappa shape index (κ3) is 1.70. The Bertz CT molecular complexity index is 421. The smallest absolute Gasteiger partial charge is 0.0651 e. The molecule has 0 radical (unpaired) electrons. The molecule has 0 aliphatic carbocycles. The Morgan fingerprint density at radius 3 is 3.21 bits per heavy atom. The zero-order chi connectivity index (χ0) is 9.97. The average Bonchev–Trinajstić information content (AvgIpc) is 2.64. The predicted octanol–water partition coefficient (Wildman–Crippen LogP) is 1.32. The molecule has 0 aliphatic rings. The van der Waals surface area contributed by atoms with Crippen LogP contribution in [0.4, 0.5) is 5.69 Å². The Hall–Kier alpha value is -1.55. The lowest BCUT2D eigenvalue weighted by Crippen LogP contribution is -2.24. The fourth-order valence-corrected chi connectivity index (χ4v) is 1.38. The van der Waals surface area contributed by atoms with Gasteiger partial charge in [0, 0.05) is 23.7 Å². The first-order valence-electron chi connectivity index (χ1n) is 4.69. The van der Waals surface area contributed by atoms with E-state index in [2.05, 4.69) is 28.5 Å². The summed E-state index contributed by atoms with van der Waals surface area (Å²) in [5.74, 6) is 0. The van der Waals surface area contributed by atoms with Crippen molar-refractivity contribution in [3.05, 3.63) is 24.4 Å². The van der Waals surface area contributed by atoms with E-state index >= 15 is 0 Å². The number of anilines is 1. The van der Waals surface area contributed by atoms with Gasteiger partial charge in [-0.25, -0.2) is 0 Å². The quantitative estimate of drug-likeness (QED) is 0.683. The molecule has 1 unspecified atom stereocenters. The van der Waals surface area contributed by atoms with E-state index in [-0.39, 0.29) is 0 Å². The lowest BCUT2D eigenvalue weighted by molar-refractivity contribution is 0.804. The van der Waals surface area contributed by atoms with Crippen LogP contribution in [0.15, 0.2) is 24.4 Å². The molecule has 0 amide bonds. The third-order valence-electron chi connectivity index (χ3n) is 2.21. The maximum atomic E-state index is 5.53. The molecule has 0 bridgehead atoms. The summed E-state index contributed by atoms with van der Waals surface area (Å²) in [5.41, 5.74) is 7.66. The summed E-state index contributed by atoms with van der Waals surface area (Å²) in [4.78, 5) is 0. The van der Waals surface area contributed by atoms with E-state index in [4.69, 9.17) is 5.73 Å². The number of hydrogen-bond donors (Lipinski definition) is 3. The molecule has 2 aromatic rings. The number of benzene rings is 1. The molecule has 4 N–H and O–H groups in total. The summed E-state index contributed by atoms with van der Waals surface area (Å²) >= 11 is 0. The fraction of sp³-hybridized carbons (Fsp3) is 0.300. The summed E-state index contributed by atoms with van der Waals surface area (Å²) in [6.07, 6.45) is 1.81. The highest BCUT2D eigenvalue weighted by atomic mass is 15.1. The second-order valence-electron chi connectivity index (χ2n) is 3.45. The van der Waals surface area contributed by atoms with E-state index in [1.54, 1.807) is 0 Å². The Kier molecular flexibility index (Phi) is 2.37. The van der Waals surface area contributed by atoms with E-state index in [9.17, 15) is 0 Å². The normalized spacial score (nSPS) is 13.0. The first kappa shape index (κ1) is 9.02. The Balaban J connectivity index is 2.25. The average molecular weight is 190 g/mol. The van der Waals surface area contributed by atoms with Crippen molar-refractivity contribution in [1.82, 2.24) is 10.2 Å². The minimum atomic E-state index is 0.291. The first-order valence-corrected chi connectivity index (χ1v) is 4.69. The van der Waals surface area contributed by atoms with Crippen LogP contribution in [0.1, 0.15) is 6.92 Å². The highest BCUT2D eigenvalue weighted by molar-refractivity contribution is 5.81. The van der Waals surface area contributed by atoms with Gasteiger partial charge in [0.2, 0.25) is 0 Å². The van der Waals surface area contributed by atoms with Gasteiger partial charge < -0.3 is 11.1 Å². The molecule has 0 saturated heterocycles. The van der Waals surface area contributed by atoms with E-state index in [1.165, 1.54) is 0 Å². The lowest BCUT2D eigenvalue weighted by Gasteiger charge is -2.12. The van der Waals surface area contributed by atoms with Crippen LogP contribution in [-0.4, -0.2) is 22.8 Å². The van der Waals surface area contributed by atoms with Gasteiger partial charge in [-0.15, -0.1) is 0 Å². The molecule has 0 saturated carbocycles. The molecule has 0 spiro atoms. The number of fused-ring (bicyclic) bond motifs is 1. The maximum Gasteiger partial charge on any atom is 0.0651 e. The van der Waals surface area contributed by atoms with Crippen LogP contribution in [0.2, 0.25) is 0 Å². The van der Waals surface area contributed by atoms with Gasteiger partial charge in [-0.2, -0.15) is 5.10 Å². The number of nitrogens with zero attached hydrogens (tertiary/aromatic N) is 1. The predicted molar refractivity (Wildman–Crippen MR) is 58.2 cm³/mol. The van der Waals surface area contributed by atoms with Crippen molar-refractivity contribution in [1.29, 1.82) is 0 Å². The molecule has 4 nitrogen and oxygen atoms in total. The second-order valence-corrected chi connectivity index (χ2v) is 3.45. The lowest BCUT2D eigenvalue weighted by atomic mass is 10.2. The highest BCUT2D eigenvalue weighted by Gasteiger charge is 2.00. The third-order valence-corrected chi connectivity index (χ3v) is 2.21. The molecule has 14 heavy (non-hydrogen) atoms. The molecular weight excluding hydrogens is 176 g/mol. The molecule has 1 heterocycles. The van der Waals surface area contributed by atoms with Gasteiger partial charge in [0.05, 0.1) is 11.7 Å². The van der Waals surface area contributed by atoms with Crippen LogP contribution in [0, 0.1) is 0 Å². The van der Waals surface area contributed by atoms with Crippen molar-refractivity contribution in [2.75, 3.05) is 11.9 Å². The van der Waals surface area contributed by atoms with Crippen molar-refractivity contribution in [3.63, 3.8) is 0 Å². The van der Waals surface area contributed by atoms with Gasteiger partial charge in [-0.05, 0) is 25.1 Å². The molecule has 4 heteroatoms. The standard InChI is InChI=1S/C10H14N4/c1-7(5-11)13-9-2-3-10-8(4-9)6-12-14-10/h2-4,6-7,13H,5,11H2,1H3,(H,12,14). The molecule has 1 atom stereocenters. The molecule has 0 fully saturated rings. The van der Waals surface area contributed by atoms with Gasteiger partial charge >= 0.3 is 0 Å². The molecule has 74 valence electrons. The van der Waals surface area contributed by atoms with Gasteiger partial charge in [0.1, 0.15) is 0 Å². The summed E-state index contributed by atoms with van der Waals surface area (Å²) in [7, 11) is 0. The number of rotatable bonds is 3. The van der Waals surface area contributed by atoms with E-state index in [0.717, 1.165) is 16.6 Å². The van der Waals surface area contributed by atoms with E-state index in [0.29, 0.717) is 12.6 Å². The molecule has 2 rings (SSSR count). The van der Waals surface area contributed by atoms with Crippen LogP contribution in [0.3, 0.4) is 0 Å². The zero-order valence-electron chi connectivity index (χ0n) is 8.12. The number of aromatic nitrogens is 2. The number of aromatic amines is 1. The number of nitrogens with one attached hydrogen (secondary N) is 2. The Labute approximate surface area is 82.5 Å². The van der Waals surface area contributed by atoms with Crippen molar-refractivity contribution < 1.29 is 0 Å². The molecule has 1 aromatic carbocycles. The van der Waals surface area contributed by atoms with Crippen LogP contribution < -0.4 is 11.1 Å². The van der Waals surface area contributed by atoms with E-state index < -0.39 is 0 Å². The van der Waals surface area contributed by atoms with Crippen LogP contribution >= 0.6 is 0 Å². The fourth-order valence-electron chi connectivity index (χ4n) is 1.38. The summed E-state index contributed by atoms with van der Waals surface area (Å²) < 4.78 is 0. The minimum absolute atomic E-state index is 0.291. The van der Waals surface area contributed by atoms with Gasteiger partial charge in [-0.1, -0.05) is 0 Å². The Morgan fingerprint density at radius 1 is 1.57 bits per heavy atom. The highest BCUT2D eigenvalue weighted by Crippen LogP contribution is 2.16. The molecular formula is C10H14N4. The maximum absolute atomic E-state index is 5.53. The van der Waals surface area contributed by atoms with Crippen LogP contribution in [-0.2, 0) is 0 Å². The zero-order valence-corrected chi connectivity index (χ0v) is 8.12. The molecule has 1 aromatic heterocycles. The van der Waals surface area contributed by atoms with Gasteiger partial charge in [0.25, 0.3) is 0 Å². The van der Waals surface area contributed by atoms with Gasteiger partial charge in [0.15, 0.2) is 0 Å². The summed E-state index contributed by atoms with van der Waals surface area (Å²) in [6.45, 7) is 2.68. The second kappa shape index (κ2) is 3.67. The SMILES string of the molecule is CC(CN)Nc1ccc2[nH]ncc2c1. The van der Waals surface area contributed by atoms with E-state index in [1.807, 2.05) is 18.3 Å². The van der Waals surface area contributed by atoms with Crippen molar-refractivity contribution >= 4 is 16.6 Å². The van der Waals surface area contributed by atoms with Crippen molar-refractivity contribution in [2.24, 2.45) is 5.73 Å². The van der Waals surface area contributed by atoms with Crippen LogP contribution in [0.5, 0.6) is 0 Å². The van der Waals surface area contributed by atoms with Crippen molar-refractivity contribution in [3.8, 4) is 0 Å². The number of hydrogen-bond acceptors (Lipinski definition) is 3. The van der Waals surface area contributed by atoms with Crippen LogP contribution in [0.25, 0.3) is 10.9 Å². The minimum Gasteiger partial charge on any atom is -0.381 e. The Morgan fingerprint density at radius 2 is 2.43 bits per heavy atom. The molecule has 0 aliphatic heterocycles. The monoisotopic (exact) mass is 190 g/mol. The van der Waals surface area contributed by atoms with Gasteiger partial charge in [-0.3, -0.25) is 5.10 Å². The number of H-pyrrole nitrogens is 1. The largest absolute Gasteiger partial charge is 0.381 e. The summed E-state index contributed by atoms with van der Waals surface area (Å²) in [6, 6.07) is 6.38.